The third-order valence-corrected chi connectivity index (χ3v) is 2.99. The molecule has 1 aromatic rings. The molecule has 0 unspecified atom stereocenters. The second-order valence-corrected chi connectivity index (χ2v) is 5.09. The van der Waals surface area contributed by atoms with Crippen LogP contribution in [-0.4, -0.2) is 18.5 Å². The van der Waals surface area contributed by atoms with Crippen molar-refractivity contribution in [3.63, 3.8) is 0 Å². The lowest BCUT2D eigenvalue weighted by atomic mass is 10.1. The lowest BCUT2D eigenvalue weighted by molar-refractivity contribution is 0.292. The van der Waals surface area contributed by atoms with Gasteiger partial charge in [-0.05, 0) is 24.1 Å². The van der Waals surface area contributed by atoms with Crippen molar-refractivity contribution >= 4 is 29.1 Å². The van der Waals surface area contributed by atoms with Crippen molar-refractivity contribution in [2.75, 3.05) is 6.61 Å². The van der Waals surface area contributed by atoms with Gasteiger partial charge in [-0.2, -0.15) is 0 Å². The molecule has 16 heavy (non-hydrogen) atoms. The highest BCUT2D eigenvalue weighted by molar-refractivity contribution is 6.35. The van der Waals surface area contributed by atoms with E-state index in [0.29, 0.717) is 28.5 Å². The Morgan fingerprint density at radius 3 is 2.38 bits per heavy atom. The summed E-state index contributed by atoms with van der Waals surface area (Å²) < 4.78 is 5.56. The Kier molecular flexibility index (Phi) is 3.41. The van der Waals surface area contributed by atoms with Gasteiger partial charge in [0, 0.05) is 15.6 Å². The molecule has 2 rings (SSSR count). The van der Waals surface area contributed by atoms with Gasteiger partial charge in [-0.25, -0.2) is 4.99 Å². The van der Waals surface area contributed by atoms with Gasteiger partial charge in [0.15, 0.2) is 0 Å². The van der Waals surface area contributed by atoms with Crippen LogP contribution in [0.3, 0.4) is 0 Å². The van der Waals surface area contributed by atoms with Crippen molar-refractivity contribution in [1.82, 2.24) is 0 Å². The summed E-state index contributed by atoms with van der Waals surface area (Å²) in [4.78, 5) is 4.52. The third kappa shape index (κ3) is 2.50. The minimum atomic E-state index is 0.229. The van der Waals surface area contributed by atoms with Gasteiger partial charge in [0.1, 0.15) is 6.61 Å². The molecule has 2 nitrogen and oxygen atoms in total. The summed E-state index contributed by atoms with van der Waals surface area (Å²) in [5.74, 6) is 1.12. The number of rotatable bonds is 2. The van der Waals surface area contributed by atoms with E-state index < -0.39 is 0 Å². The number of aliphatic imine (C=N–C) groups is 1. The minimum absolute atomic E-state index is 0.229. The Morgan fingerprint density at radius 2 is 1.88 bits per heavy atom. The predicted octanol–water partition coefficient (Wildman–Crippen LogP) is 3.79. The van der Waals surface area contributed by atoms with Crippen molar-refractivity contribution in [3.05, 3.63) is 33.8 Å². The molecule has 0 amide bonds. The summed E-state index contributed by atoms with van der Waals surface area (Å²) in [5, 5.41) is 1.20. The van der Waals surface area contributed by atoms with Crippen LogP contribution in [0.5, 0.6) is 0 Å². The summed E-state index contributed by atoms with van der Waals surface area (Å²) in [6.07, 6.45) is 0. The number of halogens is 2. The number of nitrogens with zero attached hydrogens (tertiary/aromatic N) is 1. The molecule has 4 heteroatoms. The molecule has 0 saturated heterocycles. The van der Waals surface area contributed by atoms with E-state index in [4.69, 9.17) is 27.9 Å². The largest absolute Gasteiger partial charge is 0.475 e. The number of benzene rings is 1. The van der Waals surface area contributed by atoms with E-state index in [9.17, 15) is 0 Å². The maximum atomic E-state index is 5.93. The summed E-state index contributed by atoms with van der Waals surface area (Å²) in [7, 11) is 0. The van der Waals surface area contributed by atoms with Crippen molar-refractivity contribution < 1.29 is 4.74 Å². The van der Waals surface area contributed by atoms with Gasteiger partial charge in [-0.3, -0.25) is 0 Å². The molecule has 1 heterocycles. The Hall–Kier alpha value is -0.730. The Morgan fingerprint density at radius 1 is 1.25 bits per heavy atom. The number of hydrogen-bond acceptors (Lipinski definition) is 2. The van der Waals surface area contributed by atoms with E-state index in [0.717, 1.165) is 5.56 Å². The molecule has 0 aliphatic carbocycles. The van der Waals surface area contributed by atoms with Gasteiger partial charge >= 0.3 is 0 Å². The molecule has 86 valence electrons. The fraction of sp³-hybridized carbons (Fsp3) is 0.417. The quantitative estimate of drug-likeness (QED) is 0.790. The smallest absolute Gasteiger partial charge is 0.216 e. The predicted molar refractivity (Wildman–Crippen MR) is 67.6 cm³/mol. The highest BCUT2D eigenvalue weighted by atomic mass is 35.5. The number of hydrogen-bond donors (Lipinski definition) is 0. The highest BCUT2D eigenvalue weighted by Crippen LogP contribution is 2.23. The topological polar surface area (TPSA) is 21.6 Å². The maximum Gasteiger partial charge on any atom is 0.216 e. The van der Waals surface area contributed by atoms with Crippen LogP contribution in [0.15, 0.2) is 23.2 Å². The summed E-state index contributed by atoms with van der Waals surface area (Å²) in [6, 6.07) is 5.55. The molecule has 1 aliphatic heterocycles. The highest BCUT2D eigenvalue weighted by Gasteiger charge is 2.22. The molecule has 1 aromatic carbocycles. The van der Waals surface area contributed by atoms with Gasteiger partial charge in [0.05, 0.1) is 6.04 Å². The zero-order chi connectivity index (χ0) is 11.7. The molecule has 0 saturated carbocycles. The first-order valence-corrected chi connectivity index (χ1v) is 5.99. The second kappa shape index (κ2) is 4.64. The average molecular weight is 258 g/mol. The van der Waals surface area contributed by atoms with Crippen molar-refractivity contribution in [1.29, 1.82) is 0 Å². The molecule has 0 radical (unpaired) electrons. The van der Waals surface area contributed by atoms with Crippen LogP contribution in [0.4, 0.5) is 0 Å². The van der Waals surface area contributed by atoms with Gasteiger partial charge < -0.3 is 4.74 Å². The first-order chi connectivity index (χ1) is 7.56. The van der Waals surface area contributed by atoms with Crippen molar-refractivity contribution in [3.8, 4) is 0 Å². The normalized spacial score (nSPS) is 19.8. The molecule has 0 N–H and O–H groups in total. The molecule has 1 aliphatic rings. The van der Waals surface area contributed by atoms with Crippen molar-refractivity contribution in [2.24, 2.45) is 10.9 Å². The average Bonchev–Trinajstić information content (AvgIpc) is 2.64. The zero-order valence-corrected chi connectivity index (χ0v) is 10.7. The first kappa shape index (κ1) is 11.7. The van der Waals surface area contributed by atoms with E-state index in [1.165, 1.54) is 0 Å². The molecule has 0 spiro atoms. The van der Waals surface area contributed by atoms with Gasteiger partial charge in [0.25, 0.3) is 0 Å². The Labute approximate surface area is 105 Å². The van der Waals surface area contributed by atoms with Crippen LogP contribution < -0.4 is 0 Å². The van der Waals surface area contributed by atoms with Crippen molar-refractivity contribution in [2.45, 2.75) is 19.9 Å². The Bertz CT molecular complexity index is 409. The molecule has 0 aromatic heterocycles. The maximum absolute atomic E-state index is 5.93. The van der Waals surface area contributed by atoms with Crippen LogP contribution in [0.2, 0.25) is 10.0 Å². The zero-order valence-electron chi connectivity index (χ0n) is 9.21. The van der Waals surface area contributed by atoms with E-state index in [-0.39, 0.29) is 6.04 Å². The van der Waals surface area contributed by atoms with Gasteiger partial charge in [-0.15, -0.1) is 0 Å². The molecule has 1 atom stereocenters. The first-order valence-electron chi connectivity index (χ1n) is 5.23. The number of ether oxygens (including phenoxy) is 1. The summed E-state index contributed by atoms with van der Waals surface area (Å²) in [5.41, 5.74) is 0.848. The summed E-state index contributed by atoms with van der Waals surface area (Å²) in [6.45, 7) is 4.90. The van der Waals surface area contributed by atoms with E-state index >= 15 is 0 Å². The van der Waals surface area contributed by atoms with Crippen LogP contribution in [0, 0.1) is 5.92 Å². The molecule has 0 bridgehead atoms. The fourth-order valence-electron chi connectivity index (χ4n) is 1.57. The molecular formula is C12H13Cl2NO. The van der Waals surface area contributed by atoms with Crippen LogP contribution >= 0.6 is 23.2 Å². The second-order valence-electron chi connectivity index (χ2n) is 4.21. The van der Waals surface area contributed by atoms with E-state index in [2.05, 4.69) is 18.8 Å². The fourth-order valence-corrected chi connectivity index (χ4v) is 2.09. The monoisotopic (exact) mass is 257 g/mol. The van der Waals surface area contributed by atoms with Gasteiger partial charge in [-0.1, -0.05) is 37.0 Å². The van der Waals surface area contributed by atoms with E-state index in [1.807, 2.05) is 12.1 Å². The third-order valence-electron chi connectivity index (χ3n) is 2.55. The Balaban J connectivity index is 2.28. The SMILES string of the molecule is CC(C)[C@@H]1COC(c2cc(Cl)cc(Cl)c2)=N1. The minimum Gasteiger partial charge on any atom is -0.475 e. The summed E-state index contributed by atoms with van der Waals surface area (Å²) >= 11 is 11.9. The van der Waals surface area contributed by atoms with E-state index in [1.54, 1.807) is 6.07 Å². The lowest BCUT2D eigenvalue weighted by Crippen LogP contribution is -2.13. The van der Waals surface area contributed by atoms with Crippen LogP contribution in [0.25, 0.3) is 0 Å². The molecule has 0 fully saturated rings. The van der Waals surface area contributed by atoms with Crippen LogP contribution in [0.1, 0.15) is 19.4 Å². The van der Waals surface area contributed by atoms with Crippen LogP contribution in [-0.2, 0) is 4.74 Å². The lowest BCUT2D eigenvalue weighted by Gasteiger charge is -2.06. The standard InChI is InChI=1S/C12H13Cl2NO/c1-7(2)11-6-16-12(15-11)8-3-9(13)5-10(14)4-8/h3-5,7,11H,6H2,1-2H3/t11-/m0/s1. The molecular weight excluding hydrogens is 245 g/mol. The van der Waals surface area contributed by atoms with Gasteiger partial charge in [0.2, 0.25) is 5.90 Å².